The third-order valence-corrected chi connectivity index (χ3v) is 3.96. The van der Waals surface area contributed by atoms with E-state index in [1.807, 2.05) is 0 Å². The molecular weight excluding hydrogens is 277 g/mol. The van der Waals surface area contributed by atoms with Gasteiger partial charge in [0.1, 0.15) is 5.82 Å². The van der Waals surface area contributed by atoms with Crippen LogP contribution < -0.4 is 5.32 Å². The van der Waals surface area contributed by atoms with Crippen molar-refractivity contribution in [3.8, 4) is 0 Å². The lowest BCUT2D eigenvalue weighted by molar-refractivity contribution is 0.0273. The smallest absolute Gasteiger partial charge is 0.127 e. The topological polar surface area (TPSA) is 21.3 Å². The first-order valence-corrected chi connectivity index (χ1v) is 7.90. The molecule has 112 valence electrons. The van der Waals surface area contributed by atoms with Crippen LogP contribution in [0.3, 0.4) is 0 Å². The molecule has 1 saturated carbocycles. The highest BCUT2D eigenvalue weighted by molar-refractivity contribution is 6.30. The van der Waals surface area contributed by atoms with Gasteiger partial charge in [-0.1, -0.05) is 30.9 Å². The molecule has 0 saturated heterocycles. The number of ether oxygens (including phenoxy) is 1. The van der Waals surface area contributed by atoms with Gasteiger partial charge in [0, 0.05) is 23.7 Å². The Balaban J connectivity index is 1.56. The van der Waals surface area contributed by atoms with Gasteiger partial charge in [0.15, 0.2) is 0 Å². The van der Waals surface area contributed by atoms with Crippen molar-refractivity contribution in [2.75, 3.05) is 13.2 Å². The first-order valence-electron chi connectivity index (χ1n) is 7.52. The van der Waals surface area contributed by atoms with Crippen LogP contribution >= 0.6 is 11.6 Å². The van der Waals surface area contributed by atoms with Crippen LogP contribution in [0.5, 0.6) is 0 Å². The van der Waals surface area contributed by atoms with Crippen molar-refractivity contribution in [2.24, 2.45) is 0 Å². The molecule has 0 bridgehead atoms. The van der Waals surface area contributed by atoms with Crippen LogP contribution in [0.25, 0.3) is 0 Å². The fourth-order valence-electron chi connectivity index (χ4n) is 2.58. The molecule has 1 aromatic rings. The van der Waals surface area contributed by atoms with E-state index in [-0.39, 0.29) is 5.82 Å². The van der Waals surface area contributed by atoms with E-state index in [2.05, 4.69) is 5.32 Å². The predicted molar refractivity (Wildman–Crippen MR) is 80.6 cm³/mol. The van der Waals surface area contributed by atoms with E-state index in [1.165, 1.54) is 38.2 Å². The number of rotatable bonds is 7. The maximum Gasteiger partial charge on any atom is 0.127 e. The first-order chi connectivity index (χ1) is 9.75. The Hall–Kier alpha value is -0.640. The molecular formula is C16H23ClFNO. The molecule has 2 nitrogen and oxygen atoms in total. The van der Waals surface area contributed by atoms with E-state index in [4.69, 9.17) is 16.3 Å². The van der Waals surface area contributed by atoms with Crippen LogP contribution in [-0.2, 0) is 11.3 Å². The number of halogens is 2. The highest BCUT2D eigenvalue weighted by atomic mass is 35.5. The highest BCUT2D eigenvalue weighted by Gasteiger charge is 2.12. The average Bonchev–Trinajstić information content (AvgIpc) is 2.47. The van der Waals surface area contributed by atoms with Gasteiger partial charge in [0.2, 0.25) is 0 Å². The number of nitrogens with one attached hydrogen (secondary N) is 1. The van der Waals surface area contributed by atoms with Gasteiger partial charge in [-0.2, -0.15) is 0 Å². The summed E-state index contributed by atoms with van der Waals surface area (Å²) in [6, 6.07) is 4.65. The Morgan fingerprint density at radius 1 is 1.25 bits per heavy atom. The zero-order valence-corrected chi connectivity index (χ0v) is 12.6. The summed E-state index contributed by atoms with van der Waals surface area (Å²) in [6.45, 7) is 2.13. The molecule has 0 atom stereocenters. The molecule has 0 aromatic heterocycles. The Labute approximate surface area is 125 Å². The van der Waals surface area contributed by atoms with Gasteiger partial charge >= 0.3 is 0 Å². The largest absolute Gasteiger partial charge is 0.378 e. The minimum Gasteiger partial charge on any atom is -0.378 e. The molecule has 20 heavy (non-hydrogen) atoms. The summed E-state index contributed by atoms with van der Waals surface area (Å²) in [4.78, 5) is 0. The minimum absolute atomic E-state index is 0.208. The maximum atomic E-state index is 13.5. The van der Waals surface area contributed by atoms with E-state index in [1.54, 1.807) is 12.1 Å². The molecule has 4 heteroatoms. The van der Waals surface area contributed by atoms with E-state index in [0.717, 1.165) is 19.6 Å². The van der Waals surface area contributed by atoms with E-state index in [9.17, 15) is 4.39 Å². The molecule has 0 radical (unpaired) electrons. The Kier molecular flexibility index (Phi) is 6.77. The van der Waals surface area contributed by atoms with Crippen molar-refractivity contribution >= 4 is 11.6 Å². The van der Waals surface area contributed by atoms with Gasteiger partial charge in [0.25, 0.3) is 0 Å². The van der Waals surface area contributed by atoms with Gasteiger partial charge in [-0.3, -0.25) is 0 Å². The van der Waals surface area contributed by atoms with Gasteiger partial charge < -0.3 is 10.1 Å². The molecule has 1 fully saturated rings. The minimum atomic E-state index is -0.208. The summed E-state index contributed by atoms with van der Waals surface area (Å²) in [6.07, 6.45) is 7.80. The normalized spacial score (nSPS) is 16.5. The zero-order chi connectivity index (χ0) is 14.2. The van der Waals surface area contributed by atoms with Crippen molar-refractivity contribution in [2.45, 2.75) is 51.2 Å². The maximum absolute atomic E-state index is 13.5. The van der Waals surface area contributed by atoms with E-state index < -0.39 is 0 Å². The average molecular weight is 300 g/mol. The first kappa shape index (κ1) is 15.7. The molecule has 0 aliphatic heterocycles. The second-order valence-electron chi connectivity index (χ2n) is 5.40. The van der Waals surface area contributed by atoms with Gasteiger partial charge in [-0.05, 0) is 44.0 Å². The summed E-state index contributed by atoms with van der Waals surface area (Å²) in [7, 11) is 0. The molecule has 1 aromatic carbocycles. The number of hydrogen-bond donors (Lipinski definition) is 1. The molecule has 1 N–H and O–H groups in total. The lowest BCUT2D eigenvalue weighted by atomic mass is 9.98. The number of hydrogen-bond acceptors (Lipinski definition) is 2. The summed E-state index contributed by atoms with van der Waals surface area (Å²) < 4.78 is 19.3. The second-order valence-corrected chi connectivity index (χ2v) is 5.83. The number of benzene rings is 1. The quantitative estimate of drug-likeness (QED) is 0.758. The predicted octanol–water partition coefficient (Wildman–Crippen LogP) is 4.31. The van der Waals surface area contributed by atoms with Crippen molar-refractivity contribution in [1.29, 1.82) is 0 Å². The summed E-state index contributed by atoms with van der Waals surface area (Å²) >= 11 is 5.85. The molecule has 0 unspecified atom stereocenters. The summed E-state index contributed by atoms with van der Waals surface area (Å²) in [5.41, 5.74) is 0.616. The van der Waals surface area contributed by atoms with Crippen molar-refractivity contribution in [3.63, 3.8) is 0 Å². The van der Waals surface area contributed by atoms with Gasteiger partial charge in [-0.25, -0.2) is 4.39 Å². The molecule has 2 rings (SSSR count). The van der Waals surface area contributed by atoms with Gasteiger partial charge in [-0.15, -0.1) is 0 Å². The van der Waals surface area contributed by atoms with Gasteiger partial charge in [0.05, 0.1) is 6.10 Å². The van der Waals surface area contributed by atoms with Crippen molar-refractivity contribution in [3.05, 3.63) is 34.6 Å². The van der Waals surface area contributed by atoms with Crippen LogP contribution in [0.2, 0.25) is 5.02 Å². The standard InChI is InChI=1S/C16H23ClFNO/c17-14-7-8-16(18)13(11-14)12-19-9-4-10-20-15-5-2-1-3-6-15/h7-8,11,15,19H,1-6,9-10,12H2. The molecule has 0 amide bonds. The highest BCUT2D eigenvalue weighted by Crippen LogP contribution is 2.20. The molecule has 1 aliphatic carbocycles. The lowest BCUT2D eigenvalue weighted by Crippen LogP contribution is -2.21. The lowest BCUT2D eigenvalue weighted by Gasteiger charge is -2.21. The third-order valence-electron chi connectivity index (χ3n) is 3.73. The zero-order valence-electron chi connectivity index (χ0n) is 11.8. The van der Waals surface area contributed by atoms with Crippen LogP contribution in [0.15, 0.2) is 18.2 Å². The summed E-state index contributed by atoms with van der Waals surface area (Å²) in [5, 5.41) is 3.80. The SMILES string of the molecule is Fc1ccc(Cl)cc1CNCCCOC1CCCCC1. The molecule has 0 heterocycles. The Morgan fingerprint density at radius 2 is 2.05 bits per heavy atom. The fraction of sp³-hybridized carbons (Fsp3) is 0.625. The molecule has 0 spiro atoms. The molecule has 1 aliphatic rings. The summed E-state index contributed by atoms with van der Waals surface area (Å²) in [5.74, 6) is -0.208. The van der Waals surface area contributed by atoms with E-state index in [0.29, 0.717) is 23.2 Å². The van der Waals surface area contributed by atoms with E-state index >= 15 is 0 Å². The third kappa shape index (κ3) is 5.39. The van der Waals surface area contributed by atoms with Crippen LogP contribution in [0, 0.1) is 5.82 Å². The van der Waals surface area contributed by atoms with Crippen molar-refractivity contribution < 1.29 is 9.13 Å². The van der Waals surface area contributed by atoms with Crippen LogP contribution in [0.1, 0.15) is 44.1 Å². The Morgan fingerprint density at radius 3 is 2.85 bits per heavy atom. The Bertz CT molecular complexity index is 407. The monoisotopic (exact) mass is 299 g/mol. The second kappa shape index (κ2) is 8.60. The fourth-order valence-corrected chi connectivity index (χ4v) is 2.78. The van der Waals surface area contributed by atoms with Crippen molar-refractivity contribution in [1.82, 2.24) is 5.32 Å². The van der Waals surface area contributed by atoms with Crippen LogP contribution in [0.4, 0.5) is 4.39 Å². The van der Waals surface area contributed by atoms with Crippen LogP contribution in [-0.4, -0.2) is 19.3 Å².